The fraction of sp³-hybridized carbons (Fsp3) is 0.0571. The number of hydrogen-bond acceptors (Lipinski definition) is 4. The zero-order valence-electron chi connectivity index (χ0n) is 22.4. The van der Waals surface area contributed by atoms with Crippen molar-refractivity contribution in [1.82, 2.24) is 0 Å². The molecule has 0 radical (unpaired) electrons. The number of hydrogen-bond donors (Lipinski definition) is 0. The number of allylic oxidation sites excluding steroid dienone is 7. The average Bonchev–Trinajstić information content (AvgIpc) is 3.51. The molecule has 3 aliphatic rings. The topological polar surface area (TPSA) is 78.4 Å². The van der Waals surface area contributed by atoms with Crippen LogP contribution in [-0.4, -0.2) is 33.2 Å². The second-order valence-corrected chi connectivity index (χ2v) is 17.0. The Hall–Kier alpha value is -3.12. The Morgan fingerprint density at radius 1 is 0.643 bits per heavy atom. The van der Waals surface area contributed by atoms with Crippen LogP contribution in [0.25, 0.3) is 15.6 Å². The molecule has 4 nitrogen and oxygen atoms in total. The van der Waals surface area contributed by atoms with E-state index in [1.165, 1.54) is 36.8 Å². The second-order valence-electron chi connectivity index (χ2n) is 10.1. The van der Waals surface area contributed by atoms with Crippen LogP contribution in [-0.2, 0) is 3.37 Å². The molecule has 4 aromatic rings. The summed E-state index contributed by atoms with van der Waals surface area (Å²) < 4.78 is 45.1. The summed E-state index contributed by atoms with van der Waals surface area (Å²) in [6.07, 6.45) is 8.54. The minimum atomic E-state index is -4.59. The molecule has 1 atom stereocenters. The van der Waals surface area contributed by atoms with Crippen molar-refractivity contribution in [3.63, 3.8) is 0 Å². The molecule has 0 N–H and O–H groups in total. The quantitative estimate of drug-likeness (QED) is 0.300. The molecule has 2 heterocycles. The average molecular weight is 703 g/mol. The first-order chi connectivity index (χ1) is 20.4. The summed E-state index contributed by atoms with van der Waals surface area (Å²) >= 11 is -2.42. The maximum absolute atomic E-state index is 11.8. The Morgan fingerprint density at radius 2 is 1.29 bits per heavy atom. The van der Waals surface area contributed by atoms with Gasteiger partial charge in [-0.2, -0.15) is 0 Å². The molecule has 208 valence electrons. The summed E-state index contributed by atoms with van der Waals surface area (Å²) in [4.78, 5) is 0. The zero-order valence-corrected chi connectivity index (χ0v) is 26.5. The van der Waals surface area contributed by atoms with Crippen LogP contribution in [0, 0.1) is 10.2 Å². The van der Waals surface area contributed by atoms with E-state index in [9.17, 15) is 14.0 Å². The summed E-state index contributed by atoms with van der Waals surface area (Å²) in [6.45, 7) is 0. The summed E-state index contributed by atoms with van der Waals surface area (Å²) in [5.41, 5.74) is 9.21. The molecule has 7 rings (SSSR count). The summed E-state index contributed by atoms with van der Waals surface area (Å²) in [6, 6.07) is 36.7. The van der Waals surface area contributed by atoms with Gasteiger partial charge in [-0.3, -0.25) is 0 Å². The van der Waals surface area contributed by atoms with Gasteiger partial charge in [0.2, 0.25) is 0 Å². The zero-order chi connectivity index (χ0) is 28.7. The predicted octanol–water partition coefficient (Wildman–Crippen LogP) is 2.56. The Morgan fingerprint density at radius 3 is 2.02 bits per heavy atom. The van der Waals surface area contributed by atoms with Crippen LogP contribution in [0.1, 0.15) is 35.1 Å². The fourth-order valence-electron chi connectivity index (χ4n) is 5.63. The first-order valence-electron chi connectivity index (χ1n) is 13.5. The molecule has 4 aromatic carbocycles. The van der Waals surface area contributed by atoms with Crippen molar-refractivity contribution < 1.29 is 27.6 Å². The standard InChI is InChI=1S/C35H25ClO4Se2/c37-36(38,39)40-42-34-18-10-8-16-29(34)31(23-35(42)25-13-5-2-6-14-25)27-20-19-26(21-27)30-22-33(24-11-3-1-4-12-24)41-32-17-9-7-15-28(30)32/h1-18,21-23H,19-20H2/b30-26+. The van der Waals surface area contributed by atoms with Gasteiger partial charge in [-0.1, -0.05) is 0 Å². The molecule has 0 aromatic heterocycles. The van der Waals surface area contributed by atoms with Gasteiger partial charge in [0, 0.05) is 0 Å². The van der Waals surface area contributed by atoms with Gasteiger partial charge in [0.25, 0.3) is 0 Å². The van der Waals surface area contributed by atoms with Crippen molar-refractivity contribution in [2.75, 3.05) is 0 Å². The van der Waals surface area contributed by atoms with Crippen molar-refractivity contribution >= 4 is 57.7 Å². The molecule has 0 saturated heterocycles. The Kier molecular flexibility index (Phi) is 7.60. The van der Waals surface area contributed by atoms with Gasteiger partial charge in [-0.05, 0) is 0 Å². The van der Waals surface area contributed by atoms with E-state index in [4.69, 9.17) is 3.37 Å². The number of rotatable bonds is 5. The third-order valence-electron chi connectivity index (χ3n) is 7.49. The van der Waals surface area contributed by atoms with Gasteiger partial charge in [-0.15, -0.1) is 0 Å². The molecule has 0 saturated carbocycles. The number of fused-ring (bicyclic) bond motifs is 2. The molecular weight excluding hydrogens is 678 g/mol. The van der Waals surface area contributed by atoms with E-state index in [1.54, 1.807) is 0 Å². The van der Waals surface area contributed by atoms with E-state index in [0.29, 0.717) is 0 Å². The van der Waals surface area contributed by atoms with E-state index < -0.39 is 24.0 Å². The first kappa shape index (κ1) is 27.7. The SMILES string of the molecule is [O-][Cl+3]([O-])([O-])O[Se]1=C(c2ccccc2)C=C(C2=C/C(=C3\C=C(c4ccccc4)[Se]c4ccccc43)CC2)c2ccccc21. The van der Waals surface area contributed by atoms with Gasteiger partial charge in [-0.25, -0.2) is 0 Å². The van der Waals surface area contributed by atoms with Gasteiger partial charge < -0.3 is 0 Å². The summed E-state index contributed by atoms with van der Waals surface area (Å²) in [5.74, 6) is 0. The fourth-order valence-corrected chi connectivity index (χ4v) is 13.0. The predicted molar refractivity (Wildman–Crippen MR) is 162 cm³/mol. The summed E-state index contributed by atoms with van der Waals surface area (Å²) in [5, 5.41) is 0. The van der Waals surface area contributed by atoms with Crippen molar-refractivity contribution in [2.45, 2.75) is 12.8 Å². The molecular formula is C35H25ClO4Se2. The van der Waals surface area contributed by atoms with Crippen LogP contribution in [0.3, 0.4) is 0 Å². The van der Waals surface area contributed by atoms with Crippen LogP contribution in [0.2, 0.25) is 0 Å². The van der Waals surface area contributed by atoms with Crippen molar-refractivity contribution in [2.24, 2.45) is 0 Å². The van der Waals surface area contributed by atoms with E-state index in [0.717, 1.165) is 38.4 Å². The van der Waals surface area contributed by atoms with Gasteiger partial charge in [0.05, 0.1) is 0 Å². The van der Waals surface area contributed by atoms with Crippen LogP contribution < -0.4 is 22.9 Å². The van der Waals surface area contributed by atoms with E-state index >= 15 is 0 Å². The Labute approximate surface area is 257 Å². The van der Waals surface area contributed by atoms with Crippen LogP contribution >= 0.6 is 0 Å². The van der Waals surface area contributed by atoms with E-state index in [1.807, 2.05) is 54.6 Å². The van der Waals surface area contributed by atoms with Gasteiger partial charge in [0.15, 0.2) is 0 Å². The molecule has 7 heteroatoms. The molecule has 0 bridgehead atoms. The van der Waals surface area contributed by atoms with E-state index in [-0.39, 0.29) is 15.0 Å². The van der Waals surface area contributed by atoms with Crippen molar-refractivity contribution in [3.8, 4) is 0 Å². The number of halogens is 1. The van der Waals surface area contributed by atoms with Crippen LogP contribution in [0.5, 0.6) is 0 Å². The Balaban J connectivity index is 1.39. The van der Waals surface area contributed by atoms with E-state index in [2.05, 4.69) is 72.8 Å². The molecule has 42 heavy (non-hydrogen) atoms. The maximum atomic E-state index is 11.8. The van der Waals surface area contributed by atoms with Crippen LogP contribution in [0.15, 0.2) is 139 Å². The summed E-state index contributed by atoms with van der Waals surface area (Å²) in [7, 11) is -4.59. The number of benzene rings is 4. The Bertz CT molecular complexity index is 1850. The van der Waals surface area contributed by atoms with Crippen LogP contribution in [0.4, 0.5) is 0 Å². The molecule has 0 fully saturated rings. The van der Waals surface area contributed by atoms with Gasteiger partial charge >= 0.3 is 259 Å². The van der Waals surface area contributed by atoms with Crippen molar-refractivity contribution in [1.29, 1.82) is 0 Å². The monoisotopic (exact) mass is 704 g/mol. The first-order valence-corrected chi connectivity index (χ1v) is 18.9. The normalized spacial score (nSPS) is 19.9. The van der Waals surface area contributed by atoms with Gasteiger partial charge in [0.1, 0.15) is 0 Å². The molecule has 1 aliphatic carbocycles. The molecule has 0 amide bonds. The molecule has 1 unspecified atom stereocenters. The molecule has 0 spiro atoms. The third kappa shape index (κ3) is 5.50. The third-order valence-corrected chi connectivity index (χ3v) is 15.1. The minimum absolute atomic E-state index is 0.220. The van der Waals surface area contributed by atoms with Crippen molar-refractivity contribution in [3.05, 3.63) is 161 Å². The second kappa shape index (κ2) is 11.5. The molecule has 2 aliphatic heterocycles.